The molecule has 0 N–H and O–H groups in total. The number of hydrogen-bond donors (Lipinski definition) is 0. The van der Waals surface area contributed by atoms with Crippen molar-refractivity contribution in [2.75, 3.05) is 0 Å². The Balaban J connectivity index is 2.13. The molecule has 5 heteroatoms. The summed E-state index contributed by atoms with van der Waals surface area (Å²) in [4.78, 5) is 0. The topological polar surface area (TPSA) is 17.8 Å². The van der Waals surface area contributed by atoms with E-state index in [0.717, 1.165) is 17.5 Å². The van der Waals surface area contributed by atoms with Crippen LogP contribution in [0.5, 0.6) is 0 Å². The van der Waals surface area contributed by atoms with Crippen LogP contribution in [-0.2, 0) is 6.54 Å². The van der Waals surface area contributed by atoms with E-state index in [1.807, 2.05) is 13.1 Å². The van der Waals surface area contributed by atoms with Crippen molar-refractivity contribution < 1.29 is 4.39 Å². The van der Waals surface area contributed by atoms with Crippen LogP contribution in [0.3, 0.4) is 0 Å². The van der Waals surface area contributed by atoms with Gasteiger partial charge in [0.2, 0.25) is 0 Å². The molecule has 0 aliphatic rings. The van der Waals surface area contributed by atoms with Gasteiger partial charge in [-0.1, -0.05) is 13.0 Å². The Morgan fingerprint density at radius 3 is 2.94 bits per heavy atom. The minimum absolute atomic E-state index is 0.00120. The van der Waals surface area contributed by atoms with Crippen molar-refractivity contribution in [3.05, 3.63) is 52.0 Å². The maximum atomic E-state index is 13.1. The zero-order chi connectivity index (χ0) is 13.1. The number of alkyl halides is 1. The summed E-state index contributed by atoms with van der Waals surface area (Å²) in [5, 5.41) is 4.25. The molecule has 0 radical (unpaired) electrons. The SMILES string of the molecule is CCC(Cl)c1cnn(Cc2ccc(F)c(Br)c2)c1. The molecule has 0 amide bonds. The Morgan fingerprint density at radius 2 is 2.28 bits per heavy atom. The fourth-order valence-electron chi connectivity index (χ4n) is 1.69. The molecule has 2 nitrogen and oxygen atoms in total. The fourth-order valence-corrected chi connectivity index (χ4v) is 2.23. The van der Waals surface area contributed by atoms with E-state index < -0.39 is 0 Å². The first kappa shape index (κ1) is 13.6. The largest absolute Gasteiger partial charge is 0.268 e. The van der Waals surface area contributed by atoms with Crippen LogP contribution in [0.4, 0.5) is 4.39 Å². The zero-order valence-corrected chi connectivity index (χ0v) is 12.2. The molecule has 0 fully saturated rings. The van der Waals surface area contributed by atoms with Gasteiger partial charge in [0.25, 0.3) is 0 Å². The Labute approximate surface area is 119 Å². The molecule has 0 bridgehead atoms. The van der Waals surface area contributed by atoms with Gasteiger partial charge in [-0.2, -0.15) is 5.10 Å². The lowest BCUT2D eigenvalue weighted by molar-refractivity contribution is 0.617. The summed E-state index contributed by atoms with van der Waals surface area (Å²) >= 11 is 9.32. The Hall–Kier alpha value is -0.870. The normalized spacial score (nSPS) is 12.7. The first-order valence-corrected chi connectivity index (χ1v) is 6.93. The second-order valence-electron chi connectivity index (χ2n) is 4.10. The van der Waals surface area contributed by atoms with Gasteiger partial charge in [-0.15, -0.1) is 11.6 Å². The van der Waals surface area contributed by atoms with Gasteiger partial charge in [0.15, 0.2) is 0 Å². The summed E-state index contributed by atoms with van der Waals surface area (Å²) < 4.78 is 15.4. The van der Waals surface area contributed by atoms with Crippen molar-refractivity contribution in [2.45, 2.75) is 25.3 Å². The third-order valence-electron chi connectivity index (χ3n) is 2.70. The van der Waals surface area contributed by atoms with Crippen LogP contribution in [0.2, 0.25) is 0 Å². The molecule has 1 atom stereocenters. The number of aromatic nitrogens is 2. The predicted molar refractivity (Wildman–Crippen MR) is 74.3 cm³/mol. The minimum Gasteiger partial charge on any atom is -0.268 e. The summed E-state index contributed by atoms with van der Waals surface area (Å²) in [7, 11) is 0. The molecule has 0 aliphatic carbocycles. The first-order valence-electron chi connectivity index (χ1n) is 5.70. The van der Waals surface area contributed by atoms with Crippen LogP contribution < -0.4 is 0 Å². The second kappa shape index (κ2) is 5.85. The number of benzene rings is 1. The lowest BCUT2D eigenvalue weighted by Gasteiger charge is -2.04. The van der Waals surface area contributed by atoms with Crippen LogP contribution in [0.15, 0.2) is 35.1 Å². The van der Waals surface area contributed by atoms with Gasteiger partial charge in [0.05, 0.1) is 22.6 Å². The standard InChI is InChI=1S/C13H13BrClFN2/c1-2-12(15)10-6-17-18(8-10)7-9-3-4-13(16)11(14)5-9/h3-6,8,12H,2,7H2,1H3. The quantitative estimate of drug-likeness (QED) is 0.753. The second-order valence-corrected chi connectivity index (χ2v) is 5.48. The smallest absolute Gasteiger partial charge is 0.137 e. The molecule has 0 aliphatic heterocycles. The summed E-state index contributed by atoms with van der Waals surface area (Å²) in [6, 6.07) is 4.95. The van der Waals surface area contributed by atoms with Crippen molar-refractivity contribution in [3.8, 4) is 0 Å². The van der Waals surface area contributed by atoms with E-state index >= 15 is 0 Å². The molecule has 2 rings (SSSR count). The maximum absolute atomic E-state index is 13.1. The van der Waals surface area contributed by atoms with Gasteiger partial charge in [-0.05, 0) is 40.0 Å². The van der Waals surface area contributed by atoms with Gasteiger partial charge in [0, 0.05) is 11.8 Å². The molecular formula is C13H13BrClFN2. The maximum Gasteiger partial charge on any atom is 0.137 e. The molecule has 1 heterocycles. The third kappa shape index (κ3) is 3.12. The summed E-state index contributed by atoms with van der Waals surface area (Å²) in [5.41, 5.74) is 2.00. The van der Waals surface area contributed by atoms with Crippen molar-refractivity contribution in [1.29, 1.82) is 0 Å². The van der Waals surface area contributed by atoms with E-state index in [-0.39, 0.29) is 11.2 Å². The van der Waals surface area contributed by atoms with Gasteiger partial charge in [-0.3, -0.25) is 4.68 Å². The van der Waals surface area contributed by atoms with Crippen LogP contribution in [0, 0.1) is 5.82 Å². The highest BCUT2D eigenvalue weighted by Gasteiger charge is 2.08. The number of hydrogen-bond acceptors (Lipinski definition) is 1. The lowest BCUT2D eigenvalue weighted by atomic mass is 10.2. The summed E-state index contributed by atoms with van der Waals surface area (Å²) in [6.45, 7) is 2.64. The Morgan fingerprint density at radius 1 is 1.50 bits per heavy atom. The first-order chi connectivity index (χ1) is 8.60. The predicted octanol–water partition coefficient (Wildman–Crippen LogP) is 4.52. The van der Waals surface area contributed by atoms with Crippen LogP contribution in [-0.4, -0.2) is 9.78 Å². The summed E-state index contributed by atoms with van der Waals surface area (Å²) in [6.07, 6.45) is 4.58. The number of rotatable bonds is 4. The van der Waals surface area contributed by atoms with E-state index in [2.05, 4.69) is 21.0 Å². The van der Waals surface area contributed by atoms with Gasteiger partial charge in [0.1, 0.15) is 5.82 Å². The van der Waals surface area contributed by atoms with E-state index in [4.69, 9.17) is 11.6 Å². The van der Waals surface area contributed by atoms with E-state index in [1.165, 1.54) is 6.07 Å². The minimum atomic E-state index is -0.258. The molecule has 0 spiro atoms. The highest BCUT2D eigenvalue weighted by atomic mass is 79.9. The van der Waals surface area contributed by atoms with E-state index in [9.17, 15) is 4.39 Å². The van der Waals surface area contributed by atoms with Gasteiger partial charge in [-0.25, -0.2) is 4.39 Å². The molecule has 0 saturated heterocycles. The highest BCUT2D eigenvalue weighted by molar-refractivity contribution is 9.10. The highest BCUT2D eigenvalue weighted by Crippen LogP contribution is 2.23. The molecule has 0 saturated carbocycles. The lowest BCUT2D eigenvalue weighted by Crippen LogP contribution is -2.00. The van der Waals surface area contributed by atoms with E-state index in [0.29, 0.717) is 11.0 Å². The molecule has 1 aromatic heterocycles. The van der Waals surface area contributed by atoms with Gasteiger partial charge >= 0.3 is 0 Å². The average molecular weight is 332 g/mol. The third-order valence-corrected chi connectivity index (χ3v) is 3.87. The fraction of sp³-hybridized carbons (Fsp3) is 0.308. The monoisotopic (exact) mass is 330 g/mol. The number of nitrogens with zero attached hydrogens (tertiary/aromatic N) is 2. The van der Waals surface area contributed by atoms with Crippen LogP contribution >= 0.6 is 27.5 Å². The van der Waals surface area contributed by atoms with Gasteiger partial charge < -0.3 is 0 Å². The molecule has 18 heavy (non-hydrogen) atoms. The molecule has 2 aromatic rings. The molecule has 1 aromatic carbocycles. The van der Waals surface area contributed by atoms with Crippen LogP contribution in [0.25, 0.3) is 0 Å². The van der Waals surface area contributed by atoms with Crippen molar-refractivity contribution in [1.82, 2.24) is 9.78 Å². The molecular weight excluding hydrogens is 319 g/mol. The van der Waals surface area contributed by atoms with Crippen molar-refractivity contribution in [2.24, 2.45) is 0 Å². The summed E-state index contributed by atoms with van der Waals surface area (Å²) in [5.74, 6) is -0.258. The van der Waals surface area contributed by atoms with E-state index in [1.54, 1.807) is 23.0 Å². The Bertz CT molecular complexity index is 542. The van der Waals surface area contributed by atoms with Crippen molar-refractivity contribution >= 4 is 27.5 Å². The Kier molecular flexibility index (Phi) is 4.40. The van der Waals surface area contributed by atoms with Crippen LogP contribution in [0.1, 0.15) is 29.8 Å². The zero-order valence-electron chi connectivity index (χ0n) is 9.91. The number of halogens is 3. The average Bonchev–Trinajstić information content (AvgIpc) is 2.81. The molecule has 96 valence electrons. The van der Waals surface area contributed by atoms with Crippen molar-refractivity contribution in [3.63, 3.8) is 0 Å². The molecule has 1 unspecified atom stereocenters.